The molecule has 0 fully saturated rings. The standard InChI is InChI=1S/C10H14O4S2/c1-7(2)5-16(13,14)6-8-3-4-9(15-8)10(11)12/h3-4,7H,5-6H2,1-2H3,(H,11,12). The molecular formula is C10H14O4S2. The highest BCUT2D eigenvalue weighted by Gasteiger charge is 2.16. The van der Waals surface area contributed by atoms with Crippen molar-refractivity contribution in [2.75, 3.05) is 5.75 Å². The van der Waals surface area contributed by atoms with Crippen molar-refractivity contribution < 1.29 is 18.3 Å². The first-order chi connectivity index (χ1) is 7.30. The minimum Gasteiger partial charge on any atom is -0.477 e. The monoisotopic (exact) mass is 262 g/mol. The third-order valence-electron chi connectivity index (χ3n) is 1.82. The lowest BCUT2D eigenvalue weighted by atomic mass is 10.3. The van der Waals surface area contributed by atoms with Crippen LogP contribution in [-0.2, 0) is 15.6 Å². The van der Waals surface area contributed by atoms with E-state index in [0.717, 1.165) is 11.3 Å². The lowest BCUT2D eigenvalue weighted by Gasteiger charge is -2.04. The van der Waals surface area contributed by atoms with Gasteiger partial charge in [-0.3, -0.25) is 0 Å². The van der Waals surface area contributed by atoms with Crippen LogP contribution in [0.15, 0.2) is 12.1 Å². The van der Waals surface area contributed by atoms with Crippen LogP contribution in [0, 0.1) is 5.92 Å². The van der Waals surface area contributed by atoms with Gasteiger partial charge in [0.15, 0.2) is 9.84 Å². The van der Waals surface area contributed by atoms with E-state index in [4.69, 9.17) is 5.11 Å². The highest BCUT2D eigenvalue weighted by molar-refractivity contribution is 7.90. The summed E-state index contributed by atoms with van der Waals surface area (Å²) in [5.41, 5.74) is 0. The van der Waals surface area contributed by atoms with Crippen LogP contribution < -0.4 is 0 Å². The van der Waals surface area contributed by atoms with Crippen molar-refractivity contribution in [3.63, 3.8) is 0 Å². The summed E-state index contributed by atoms with van der Waals surface area (Å²) >= 11 is 1.02. The summed E-state index contributed by atoms with van der Waals surface area (Å²) in [7, 11) is -3.13. The average Bonchev–Trinajstić information content (AvgIpc) is 2.48. The van der Waals surface area contributed by atoms with E-state index >= 15 is 0 Å². The maximum Gasteiger partial charge on any atom is 0.345 e. The van der Waals surface area contributed by atoms with Crippen molar-refractivity contribution in [1.29, 1.82) is 0 Å². The Balaban J connectivity index is 2.77. The molecule has 0 unspecified atom stereocenters. The van der Waals surface area contributed by atoms with Gasteiger partial charge in [-0.25, -0.2) is 13.2 Å². The molecule has 4 nitrogen and oxygen atoms in total. The van der Waals surface area contributed by atoms with E-state index in [1.807, 2.05) is 13.8 Å². The fourth-order valence-electron chi connectivity index (χ4n) is 1.35. The molecule has 1 aromatic rings. The van der Waals surface area contributed by atoms with E-state index in [2.05, 4.69) is 0 Å². The van der Waals surface area contributed by atoms with Gasteiger partial charge in [0.05, 0.1) is 11.5 Å². The number of thiophene rings is 1. The third kappa shape index (κ3) is 3.94. The predicted molar refractivity (Wildman–Crippen MR) is 63.6 cm³/mol. The van der Waals surface area contributed by atoms with Gasteiger partial charge in [0, 0.05) is 4.88 Å². The quantitative estimate of drug-likeness (QED) is 0.881. The van der Waals surface area contributed by atoms with Gasteiger partial charge in [0.25, 0.3) is 0 Å². The molecule has 0 aliphatic rings. The van der Waals surface area contributed by atoms with Gasteiger partial charge in [-0.2, -0.15) is 0 Å². The van der Waals surface area contributed by atoms with Crippen LogP contribution in [0.5, 0.6) is 0 Å². The number of carboxylic acids is 1. The molecule has 0 bridgehead atoms. The summed E-state index contributed by atoms with van der Waals surface area (Å²) in [6.07, 6.45) is 0. The average molecular weight is 262 g/mol. The lowest BCUT2D eigenvalue weighted by Crippen LogP contribution is -2.13. The first-order valence-electron chi connectivity index (χ1n) is 4.82. The molecule has 0 atom stereocenters. The van der Waals surface area contributed by atoms with Crippen LogP contribution >= 0.6 is 11.3 Å². The van der Waals surface area contributed by atoms with Gasteiger partial charge < -0.3 is 5.11 Å². The Kier molecular flexibility index (Phi) is 4.09. The highest BCUT2D eigenvalue weighted by Crippen LogP contribution is 2.19. The van der Waals surface area contributed by atoms with Crippen molar-refractivity contribution in [2.24, 2.45) is 5.92 Å². The molecule has 16 heavy (non-hydrogen) atoms. The Morgan fingerprint density at radius 2 is 2.06 bits per heavy atom. The number of hydrogen-bond donors (Lipinski definition) is 1. The molecule has 1 rings (SSSR count). The van der Waals surface area contributed by atoms with Gasteiger partial charge in [-0.05, 0) is 18.1 Å². The Hall–Kier alpha value is -0.880. The fourth-order valence-corrected chi connectivity index (χ4v) is 4.43. The van der Waals surface area contributed by atoms with E-state index in [1.54, 1.807) is 6.07 Å². The topological polar surface area (TPSA) is 71.4 Å². The van der Waals surface area contributed by atoms with E-state index in [-0.39, 0.29) is 22.3 Å². The van der Waals surface area contributed by atoms with Crippen LogP contribution in [-0.4, -0.2) is 25.2 Å². The minimum atomic E-state index is -3.13. The Morgan fingerprint density at radius 3 is 2.50 bits per heavy atom. The van der Waals surface area contributed by atoms with Crippen LogP contribution in [0.4, 0.5) is 0 Å². The summed E-state index contributed by atoms with van der Waals surface area (Å²) in [4.78, 5) is 11.4. The largest absolute Gasteiger partial charge is 0.477 e. The predicted octanol–water partition coefficient (Wildman–Crippen LogP) is 2.02. The first-order valence-corrected chi connectivity index (χ1v) is 7.46. The summed E-state index contributed by atoms with van der Waals surface area (Å²) in [5, 5.41) is 8.70. The van der Waals surface area contributed by atoms with Gasteiger partial charge in [-0.1, -0.05) is 13.8 Å². The molecule has 0 aliphatic carbocycles. The molecule has 0 spiro atoms. The second kappa shape index (κ2) is 4.97. The lowest BCUT2D eigenvalue weighted by molar-refractivity contribution is 0.0702. The highest BCUT2D eigenvalue weighted by atomic mass is 32.2. The SMILES string of the molecule is CC(C)CS(=O)(=O)Cc1ccc(C(=O)O)s1. The molecule has 0 radical (unpaired) electrons. The molecule has 0 aromatic carbocycles. The molecule has 6 heteroatoms. The molecular weight excluding hydrogens is 248 g/mol. The summed E-state index contributed by atoms with van der Waals surface area (Å²) in [6.45, 7) is 3.68. The van der Waals surface area contributed by atoms with Crippen molar-refractivity contribution in [2.45, 2.75) is 19.6 Å². The third-order valence-corrected chi connectivity index (χ3v) is 5.00. The number of rotatable bonds is 5. The number of carboxylic acid groups (broad SMARTS) is 1. The molecule has 1 heterocycles. The van der Waals surface area contributed by atoms with Gasteiger partial charge in [-0.15, -0.1) is 11.3 Å². The molecule has 90 valence electrons. The fraction of sp³-hybridized carbons (Fsp3) is 0.500. The zero-order valence-corrected chi connectivity index (χ0v) is 10.8. The van der Waals surface area contributed by atoms with Crippen LogP contribution in [0.25, 0.3) is 0 Å². The van der Waals surface area contributed by atoms with Crippen molar-refractivity contribution in [3.05, 3.63) is 21.9 Å². The Morgan fingerprint density at radius 1 is 1.44 bits per heavy atom. The number of aromatic carboxylic acids is 1. The molecule has 0 aliphatic heterocycles. The van der Waals surface area contributed by atoms with Crippen LogP contribution in [0.1, 0.15) is 28.4 Å². The van der Waals surface area contributed by atoms with Gasteiger partial charge >= 0.3 is 5.97 Å². The van der Waals surface area contributed by atoms with E-state index < -0.39 is 15.8 Å². The minimum absolute atomic E-state index is 0.0663. The summed E-state index contributed by atoms with van der Waals surface area (Å²) in [5.74, 6) is -0.863. The van der Waals surface area contributed by atoms with E-state index in [0.29, 0.717) is 4.88 Å². The smallest absolute Gasteiger partial charge is 0.345 e. The zero-order chi connectivity index (χ0) is 12.3. The summed E-state index contributed by atoms with van der Waals surface area (Å²) < 4.78 is 23.3. The Labute approximate surface area is 98.8 Å². The van der Waals surface area contributed by atoms with Crippen molar-refractivity contribution in [3.8, 4) is 0 Å². The van der Waals surface area contributed by atoms with E-state index in [1.165, 1.54) is 6.07 Å². The zero-order valence-electron chi connectivity index (χ0n) is 9.13. The van der Waals surface area contributed by atoms with Gasteiger partial charge in [0.1, 0.15) is 4.88 Å². The molecule has 1 aromatic heterocycles. The maximum atomic E-state index is 11.6. The van der Waals surface area contributed by atoms with Crippen LogP contribution in [0.3, 0.4) is 0 Å². The number of sulfone groups is 1. The maximum absolute atomic E-state index is 11.6. The molecule has 0 saturated carbocycles. The molecule has 1 N–H and O–H groups in total. The second-order valence-electron chi connectivity index (χ2n) is 4.02. The van der Waals surface area contributed by atoms with Crippen molar-refractivity contribution in [1.82, 2.24) is 0 Å². The van der Waals surface area contributed by atoms with Crippen molar-refractivity contribution >= 4 is 27.1 Å². The van der Waals surface area contributed by atoms with E-state index in [9.17, 15) is 13.2 Å². The van der Waals surface area contributed by atoms with Crippen LogP contribution in [0.2, 0.25) is 0 Å². The number of carbonyl (C=O) groups is 1. The Bertz CT molecular complexity index is 471. The normalized spacial score (nSPS) is 11.9. The first kappa shape index (κ1) is 13.2. The second-order valence-corrected chi connectivity index (χ2v) is 7.30. The molecule has 0 saturated heterocycles. The van der Waals surface area contributed by atoms with Gasteiger partial charge in [0.2, 0.25) is 0 Å². The molecule has 0 amide bonds. The summed E-state index contributed by atoms with van der Waals surface area (Å²) in [6, 6.07) is 3.00. The number of hydrogen-bond acceptors (Lipinski definition) is 4.